The smallest absolute Gasteiger partial charge is 0.225 e. The molecule has 2 aromatic heterocycles. The summed E-state index contributed by atoms with van der Waals surface area (Å²) >= 11 is 0. The molecule has 32 heavy (non-hydrogen) atoms. The number of aromatic nitrogens is 4. The average molecular weight is 426 g/mol. The number of benzene rings is 2. The second-order valence-corrected chi connectivity index (χ2v) is 9.01. The number of nitrogen functional groups attached to an aromatic ring is 1. The van der Waals surface area contributed by atoms with Gasteiger partial charge in [0.15, 0.2) is 0 Å². The Labute approximate surface area is 187 Å². The van der Waals surface area contributed by atoms with Gasteiger partial charge in [0.1, 0.15) is 0 Å². The number of piperidine rings is 1. The maximum atomic E-state index is 5.96. The molecule has 0 aliphatic carbocycles. The molecule has 7 nitrogen and oxygen atoms in total. The van der Waals surface area contributed by atoms with E-state index in [0.717, 1.165) is 77.0 Å². The quantitative estimate of drug-likeness (QED) is 0.490. The molecule has 4 aromatic rings. The predicted molar refractivity (Wildman–Crippen MR) is 128 cm³/mol. The van der Waals surface area contributed by atoms with E-state index in [-0.39, 0.29) is 0 Å². The number of anilines is 2. The van der Waals surface area contributed by atoms with Crippen LogP contribution in [-0.4, -0.2) is 45.9 Å². The molecule has 2 unspecified atom stereocenters. The molecule has 2 aromatic carbocycles. The van der Waals surface area contributed by atoms with Crippen LogP contribution in [0.2, 0.25) is 0 Å². The van der Waals surface area contributed by atoms with Crippen molar-refractivity contribution in [3.05, 3.63) is 54.9 Å². The zero-order valence-corrected chi connectivity index (χ0v) is 18.2. The highest BCUT2D eigenvalue weighted by atomic mass is 15.3. The first kappa shape index (κ1) is 19.3. The van der Waals surface area contributed by atoms with Crippen LogP contribution in [0.4, 0.5) is 11.6 Å². The van der Waals surface area contributed by atoms with Crippen molar-refractivity contribution in [2.24, 2.45) is 18.9 Å². The first-order chi connectivity index (χ1) is 15.7. The van der Waals surface area contributed by atoms with Crippen molar-refractivity contribution in [2.75, 3.05) is 36.8 Å². The second-order valence-electron chi connectivity index (χ2n) is 9.01. The van der Waals surface area contributed by atoms with Crippen molar-refractivity contribution >= 4 is 22.5 Å². The fourth-order valence-electron chi connectivity index (χ4n) is 5.14. The first-order valence-corrected chi connectivity index (χ1v) is 11.3. The summed E-state index contributed by atoms with van der Waals surface area (Å²) in [6.07, 6.45) is 5.07. The van der Waals surface area contributed by atoms with Crippen molar-refractivity contribution in [3.63, 3.8) is 0 Å². The fourth-order valence-corrected chi connectivity index (χ4v) is 5.14. The Hall–Kier alpha value is -3.45. The van der Waals surface area contributed by atoms with Gasteiger partial charge in [-0.25, -0.2) is 9.97 Å². The molecular formula is C25H27N7. The Kier molecular flexibility index (Phi) is 4.57. The molecule has 0 amide bonds. The number of aryl methyl sites for hydroxylation is 1. The zero-order chi connectivity index (χ0) is 21.7. The van der Waals surface area contributed by atoms with Crippen LogP contribution in [0.1, 0.15) is 6.42 Å². The normalized spacial score (nSPS) is 20.6. The first-order valence-electron chi connectivity index (χ1n) is 11.3. The number of hydrogen-bond donors (Lipinski definition) is 2. The van der Waals surface area contributed by atoms with Crippen LogP contribution in [0.3, 0.4) is 0 Å². The Morgan fingerprint density at radius 3 is 2.69 bits per heavy atom. The SMILES string of the molecule is Cn1ncc2cc(-c3cnc(N4CCC5CNCC5C4)nc3-c3ccc(N)cc3)ccc21. The third kappa shape index (κ3) is 3.29. The molecule has 4 heterocycles. The van der Waals surface area contributed by atoms with E-state index in [1.165, 1.54) is 6.42 Å². The van der Waals surface area contributed by atoms with Gasteiger partial charge in [0, 0.05) is 48.5 Å². The summed E-state index contributed by atoms with van der Waals surface area (Å²) in [5, 5.41) is 9.03. The highest BCUT2D eigenvalue weighted by molar-refractivity contribution is 5.88. The van der Waals surface area contributed by atoms with Gasteiger partial charge >= 0.3 is 0 Å². The minimum absolute atomic E-state index is 0.681. The summed E-state index contributed by atoms with van der Waals surface area (Å²) in [5.41, 5.74) is 11.9. The third-order valence-corrected chi connectivity index (χ3v) is 7.00. The molecule has 0 spiro atoms. The van der Waals surface area contributed by atoms with E-state index in [9.17, 15) is 0 Å². The second kappa shape index (κ2) is 7.60. The molecule has 2 aliphatic heterocycles. The van der Waals surface area contributed by atoms with Gasteiger partial charge in [-0.05, 0) is 61.2 Å². The van der Waals surface area contributed by atoms with Crippen LogP contribution in [0.25, 0.3) is 33.3 Å². The van der Waals surface area contributed by atoms with Crippen molar-refractivity contribution in [3.8, 4) is 22.4 Å². The van der Waals surface area contributed by atoms with Crippen molar-refractivity contribution in [1.29, 1.82) is 0 Å². The lowest BCUT2D eigenvalue weighted by atomic mass is 9.89. The van der Waals surface area contributed by atoms with Crippen LogP contribution in [-0.2, 0) is 7.05 Å². The van der Waals surface area contributed by atoms with Crippen molar-refractivity contribution < 1.29 is 0 Å². The van der Waals surface area contributed by atoms with E-state index in [1.807, 2.05) is 48.4 Å². The van der Waals surface area contributed by atoms with E-state index in [1.54, 1.807) is 0 Å². The third-order valence-electron chi connectivity index (χ3n) is 7.00. The van der Waals surface area contributed by atoms with Gasteiger partial charge in [0.25, 0.3) is 0 Å². The minimum Gasteiger partial charge on any atom is -0.399 e. The molecular weight excluding hydrogens is 398 g/mol. The summed E-state index contributed by atoms with van der Waals surface area (Å²) in [7, 11) is 1.96. The maximum absolute atomic E-state index is 5.96. The highest BCUT2D eigenvalue weighted by Crippen LogP contribution is 2.35. The minimum atomic E-state index is 0.681. The Morgan fingerprint density at radius 2 is 1.81 bits per heavy atom. The van der Waals surface area contributed by atoms with E-state index in [0.29, 0.717) is 5.92 Å². The monoisotopic (exact) mass is 425 g/mol. The summed E-state index contributed by atoms with van der Waals surface area (Å²) in [6.45, 7) is 4.26. The standard InChI is InChI=1S/C25H27N7/c1-31-23-7-4-17(10-19(23)13-29-31)22-14-28-25(30-24(22)16-2-5-21(26)6-3-16)32-9-8-18-11-27-12-20(18)15-32/h2-7,10,13-14,18,20,27H,8-9,11-12,15,26H2,1H3. The Balaban J connectivity index is 1.44. The van der Waals surface area contributed by atoms with E-state index in [4.69, 9.17) is 15.7 Å². The summed E-state index contributed by atoms with van der Waals surface area (Å²) in [4.78, 5) is 12.3. The van der Waals surface area contributed by atoms with Gasteiger partial charge in [0.2, 0.25) is 5.95 Å². The lowest BCUT2D eigenvalue weighted by molar-refractivity contribution is 0.346. The van der Waals surface area contributed by atoms with Crippen molar-refractivity contribution in [1.82, 2.24) is 25.1 Å². The van der Waals surface area contributed by atoms with E-state index >= 15 is 0 Å². The summed E-state index contributed by atoms with van der Waals surface area (Å²) < 4.78 is 1.89. The van der Waals surface area contributed by atoms with E-state index in [2.05, 4.69) is 33.5 Å². The zero-order valence-electron chi connectivity index (χ0n) is 18.2. The molecule has 2 fully saturated rings. The molecule has 2 atom stereocenters. The molecule has 0 radical (unpaired) electrons. The number of fused-ring (bicyclic) bond motifs is 2. The Bertz CT molecular complexity index is 1280. The molecule has 0 bridgehead atoms. The lowest BCUT2D eigenvalue weighted by Crippen LogP contribution is -2.40. The van der Waals surface area contributed by atoms with Crippen LogP contribution in [0.15, 0.2) is 54.9 Å². The number of nitrogens with one attached hydrogen (secondary N) is 1. The molecule has 7 heteroatoms. The molecule has 6 rings (SSSR count). The molecule has 3 N–H and O–H groups in total. The molecule has 2 aliphatic rings. The predicted octanol–water partition coefficient (Wildman–Crippen LogP) is 3.33. The molecule has 0 saturated carbocycles. The highest BCUT2D eigenvalue weighted by Gasteiger charge is 2.33. The van der Waals surface area contributed by atoms with Gasteiger partial charge in [-0.1, -0.05) is 18.2 Å². The number of nitrogens with two attached hydrogens (primary N) is 1. The largest absolute Gasteiger partial charge is 0.399 e. The van der Waals surface area contributed by atoms with Gasteiger partial charge in [-0.2, -0.15) is 5.10 Å². The van der Waals surface area contributed by atoms with Crippen LogP contribution in [0, 0.1) is 11.8 Å². The van der Waals surface area contributed by atoms with Gasteiger partial charge in [0.05, 0.1) is 17.4 Å². The molecule has 162 valence electrons. The fraction of sp³-hybridized carbons (Fsp3) is 0.320. The van der Waals surface area contributed by atoms with Crippen LogP contribution < -0.4 is 16.0 Å². The maximum Gasteiger partial charge on any atom is 0.225 e. The lowest BCUT2D eigenvalue weighted by Gasteiger charge is -2.34. The van der Waals surface area contributed by atoms with Gasteiger partial charge in [-0.15, -0.1) is 0 Å². The van der Waals surface area contributed by atoms with Gasteiger partial charge in [-0.3, -0.25) is 4.68 Å². The van der Waals surface area contributed by atoms with Gasteiger partial charge < -0.3 is 16.0 Å². The van der Waals surface area contributed by atoms with Crippen LogP contribution >= 0.6 is 0 Å². The number of hydrogen-bond acceptors (Lipinski definition) is 6. The number of nitrogens with zero attached hydrogens (tertiary/aromatic N) is 5. The summed E-state index contributed by atoms with van der Waals surface area (Å²) in [6, 6.07) is 14.3. The summed E-state index contributed by atoms with van der Waals surface area (Å²) in [5.74, 6) is 2.28. The molecule has 2 saturated heterocycles. The van der Waals surface area contributed by atoms with E-state index < -0.39 is 0 Å². The average Bonchev–Trinajstić information content (AvgIpc) is 3.45. The Morgan fingerprint density at radius 1 is 1.00 bits per heavy atom. The van der Waals surface area contributed by atoms with Crippen molar-refractivity contribution in [2.45, 2.75) is 6.42 Å². The topological polar surface area (TPSA) is 84.9 Å². The number of rotatable bonds is 3. The van der Waals surface area contributed by atoms with Crippen LogP contribution in [0.5, 0.6) is 0 Å².